The molecule has 0 fully saturated rings. The summed E-state index contributed by atoms with van der Waals surface area (Å²) in [7, 11) is 0. The monoisotopic (exact) mass is 282 g/mol. The number of allylic oxidation sites excluding steroid dienone is 4. The lowest BCUT2D eigenvalue weighted by Gasteiger charge is -1.95. The minimum Gasteiger partial charge on any atom is -0.444 e. The molecule has 1 heterocycles. The SMILES string of the molecule is C=C/C(=C(\C)[N+](=O)[O-])c1ncco1.C=CC.CC.CC. The van der Waals surface area contributed by atoms with Crippen LogP contribution >= 0.6 is 0 Å². The van der Waals surface area contributed by atoms with E-state index in [4.69, 9.17) is 4.42 Å². The highest BCUT2D eigenvalue weighted by Gasteiger charge is 2.14. The summed E-state index contributed by atoms with van der Waals surface area (Å²) in [6, 6.07) is 0. The average Bonchev–Trinajstić information content (AvgIpc) is 2.99. The molecule has 0 radical (unpaired) electrons. The van der Waals surface area contributed by atoms with Gasteiger partial charge < -0.3 is 4.42 Å². The van der Waals surface area contributed by atoms with E-state index in [-0.39, 0.29) is 11.6 Å². The Labute approximate surface area is 121 Å². The third kappa shape index (κ3) is 9.82. The zero-order chi connectivity index (χ0) is 16.6. The van der Waals surface area contributed by atoms with Crippen LogP contribution in [0.25, 0.3) is 5.57 Å². The molecule has 5 nitrogen and oxygen atoms in total. The average molecular weight is 282 g/mol. The van der Waals surface area contributed by atoms with Crippen LogP contribution in [0.1, 0.15) is 47.4 Å². The lowest BCUT2D eigenvalue weighted by atomic mass is 10.2. The summed E-state index contributed by atoms with van der Waals surface area (Å²) in [5.41, 5.74) is 0.271. The summed E-state index contributed by atoms with van der Waals surface area (Å²) in [6.45, 7) is 18.1. The highest BCUT2D eigenvalue weighted by Crippen LogP contribution is 2.17. The Hall–Kier alpha value is -2.17. The summed E-state index contributed by atoms with van der Waals surface area (Å²) >= 11 is 0. The predicted molar refractivity (Wildman–Crippen MR) is 84.9 cm³/mol. The van der Waals surface area contributed by atoms with Gasteiger partial charge in [-0.2, -0.15) is 0 Å². The van der Waals surface area contributed by atoms with Crippen LogP contribution in [-0.4, -0.2) is 9.91 Å². The first-order chi connectivity index (χ1) is 9.58. The second-order valence-corrected chi connectivity index (χ2v) is 2.71. The van der Waals surface area contributed by atoms with Crippen LogP contribution in [0.2, 0.25) is 0 Å². The van der Waals surface area contributed by atoms with E-state index in [0.29, 0.717) is 5.57 Å². The molecule has 0 aliphatic heterocycles. The molecule has 0 aliphatic carbocycles. The fourth-order valence-corrected chi connectivity index (χ4v) is 0.845. The zero-order valence-corrected chi connectivity index (χ0v) is 13.3. The first-order valence-electron chi connectivity index (χ1n) is 6.53. The van der Waals surface area contributed by atoms with Gasteiger partial charge in [0, 0.05) is 6.92 Å². The lowest BCUT2D eigenvalue weighted by molar-refractivity contribution is -0.423. The molecule has 0 bridgehead atoms. The maximum Gasteiger partial charge on any atom is 0.255 e. The van der Waals surface area contributed by atoms with Crippen molar-refractivity contribution in [1.82, 2.24) is 4.98 Å². The van der Waals surface area contributed by atoms with Gasteiger partial charge in [-0.05, 0) is 6.92 Å². The number of hydrogen-bond acceptors (Lipinski definition) is 4. The summed E-state index contributed by atoms with van der Waals surface area (Å²) < 4.78 is 4.91. The van der Waals surface area contributed by atoms with Crippen molar-refractivity contribution < 1.29 is 9.34 Å². The molecule has 0 saturated carbocycles. The normalized spacial score (nSPS) is 9.10. The molecule has 1 aromatic heterocycles. The van der Waals surface area contributed by atoms with E-state index >= 15 is 0 Å². The van der Waals surface area contributed by atoms with Gasteiger partial charge in [0.05, 0.1) is 11.1 Å². The Kier molecular flexibility index (Phi) is 19.3. The van der Waals surface area contributed by atoms with Gasteiger partial charge in [0.25, 0.3) is 5.70 Å². The van der Waals surface area contributed by atoms with Gasteiger partial charge in [0.15, 0.2) is 0 Å². The van der Waals surface area contributed by atoms with Crippen molar-refractivity contribution in [3.8, 4) is 0 Å². The van der Waals surface area contributed by atoms with Crippen LogP contribution in [0.4, 0.5) is 0 Å². The van der Waals surface area contributed by atoms with Crippen molar-refractivity contribution >= 4 is 5.57 Å². The minimum absolute atomic E-state index is 0.0301. The first kappa shape index (κ1) is 23.0. The molecule has 0 unspecified atom stereocenters. The smallest absolute Gasteiger partial charge is 0.255 e. The second-order valence-electron chi connectivity index (χ2n) is 2.71. The Morgan fingerprint density at radius 3 is 2.05 bits per heavy atom. The van der Waals surface area contributed by atoms with Gasteiger partial charge in [-0.25, -0.2) is 4.98 Å². The van der Waals surface area contributed by atoms with E-state index in [2.05, 4.69) is 18.1 Å². The van der Waals surface area contributed by atoms with Gasteiger partial charge >= 0.3 is 0 Å². The molecule has 0 aromatic carbocycles. The van der Waals surface area contributed by atoms with Gasteiger partial charge in [-0.15, -0.1) is 6.58 Å². The molecule has 0 N–H and O–H groups in total. The van der Waals surface area contributed by atoms with Crippen molar-refractivity contribution in [2.24, 2.45) is 0 Å². The minimum atomic E-state index is -0.499. The molecular formula is C15H26N2O3. The zero-order valence-electron chi connectivity index (χ0n) is 13.3. The summed E-state index contributed by atoms with van der Waals surface area (Å²) in [5, 5.41) is 10.4. The van der Waals surface area contributed by atoms with Crippen molar-refractivity contribution in [1.29, 1.82) is 0 Å². The highest BCUT2D eigenvalue weighted by molar-refractivity contribution is 5.69. The molecule has 1 rings (SSSR count). The first-order valence-corrected chi connectivity index (χ1v) is 6.53. The van der Waals surface area contributed by atoms with E-state index in [1.54, 1.807) is 6.08 Å². The van der Waals surface area contributed by atoms with E-state index in [1.165, 1.54) is 25.5 Å². The third-order valence-corrected chi connectivity index (χ3v) is 1.53. The number of rotatable bonds is 3. The van der Waals surface area contributed by atoms with Crippen molar-refractivity contribution in [2.75, 3.05) is 0 Å². The molecule has 20 heavy (non-hydrogen) atoms. The van der Waals surface area contributed by atoms with Crippen molar-refractivity contribution in [2.45, 2.75) is 41.5 Å². The van der Waals surface area contributed by atoms with Gasteiger partial charge in [0.2, 0.25) is 5.89 Å². The number of nitro groups is 1. The molecule has 0 amide bonds. The van der Waals surface area contributed by atoms with Crippen molar-refractivity contribution in [3.63, 3.8) is 0 Å². The Balaban J connectivity index is -0.000000355. The number of nitrogens with zero attached hydrogens (tertiary/aromatic N) is 2. The quantitative estimate of drug-likeness (QED) is 0.334. The van der Waals surface area contributed by atoms with E-state index < -0.39 is 4.92 Å². The Morgan fingerprint density at radius 1 is 1.35 bits per heavy atom. The standard InChI is InChI=1S/C8H8N2O3.C3H6.2C2H6/c1-3-7(6(2)10(11)12)8-9-4-5-13-8;1-3-2;2*1-2/h3-5H,1H2,2H3;3H,1H2,2H3;2*1-2H3/b7-6-;;;. The topological polar surface area (TPSA) is 69.2 Å². The molecule has 5 heteroatoms. The number of oxazole rings is 1. The van der Waals surface area contributed by atoms with E-state index in [1.807, 2.05) is 34.6 Å². The van der Waals surface area contributed by atoms with Crippen LogP contribution < -0.4 is 0 Å². The number of hydrogen-bond donors (Lipinski definition) is 0. The summed E-state index contributed by atoms with van der Waals surface area (Å²) in [6.07, 6.45) is 5.88. The fraction of sp³-hybridized carbons (Fsp3) is 0.400. The molecule has 0 spiro atoms. The van der Waals surface area contributed by atoms with Crippen LogP contribution in [-0.2, 0) is 0 Å². The molecule has 114 valence electrons. The molecule has 0 atom stereocenters. The highest BCUT2D eigenvalue weighted by atomic mass is 16.6. The van der Waals surface area contributed by atoms with Crippen LogP contribution in [0.3, 0.4) is 0 Å². The van der Waals surface area contributed by atoms with Gasteiger partial charge in [0.1, 0.15) is 11.8 Å². The van der Waals surface area contributed by atoms with Crippen molar-refractivity contribution in [3.05, 3.63) is 59.5 Å². The van der Waals surface area contributed by atoms with Gasteiger partial charge in [-0.1, -0.05) is 46.4 Å². The van der Waals surface area contributed by atoms with E-state index in [0.717, 1.165) is 0 Å². The van der Waals surface area contributed by atoms with Crippen LogP contribution in [0.15, 0.2) is 47.9 Å². The Bertz CT molecular complexity index is 393. The molecule has 0 aliphatic rings. The largest absolute Gasteiger partial charge is 0.444 e. The molecular weight excluding hydrogens is 256 g/mol. The Morgan fingerprint density at radius 2 is 1.80 bits per heavy atom. The summed E-state index contributed by atoms with van der Waals surface area (Å²) in [4.78, 5) is 13.7. The third-order valence-electron chi connectivity index (χ3n) is 1.53. The molecule has 0 saturated heterocycles. The summed E-state index contributed by atoms with van der Waals surface area (Å²) in [5.74, 6) is 0.212. The van der Waals surface area contributed by atoms with Crippen LogP contribution in [0, 0.1) is 10.1 Å². The lowest BCUT2D eigenvalue weighted by Crippen LogP contribution is -1.97. The second kappa shape index (κ2) is 16.8. The van der Waals surface area contributed by atoms with E-state index in [9.17, 15) is 10.1 Å². The van der Waals surface area contributed by atoms with Gasteiger partial charge in [-0.3, -0.25) is 10.1 Å². The fourth-order valence-electron chi connectivity index (χ4n) is 0.845. The maximum atomic E-state index is 10.4. The van der Waals surface area contributed by atoms with Crippen LogP contribution in [0.5, 0.6) is 0 Å². The number of aromatic nitrogens is 1. The maximum absolute atomic E-state index is 10.4. The molecule has 1 aromatic rings. The predicted octanol–water partition coefficient (Wildman–Crippen LogP) is 5.11.